The summed E-state index contributed by atoms with van der Waals surface area (Å²) in [6, 6.07) is 14.5. The Morgan fingerprint density at radius 3 is 2.57 bits per heavy atom. The van der Waals surface area contributed by atoms with Gasteiger partial charge in [-0.05, 0) is 50.1 Å². The Balaban J connectivity index is 1.42. The number of carbonyl (C=O) groups excluding carboxylic acids is 1. The smallest absolute Gasteiger partial charge is 0.234 e. The van der Waals surface area contributed by atoms with Crippen molar-refractivity contribution in [2.45, 2.75) is 32.5 Å². The second-order valence-corrected chi connectivity index (χ2v) is 8.02. The van der Waals surface area contributed by atoms with Gasteiger partial charge >= 0.3 is 0 Å². The van der Waals surface area contributed by atoms with E-state index in [9.17, 15) is 4.79 Å². The number of rotatable bonds is 5. The molecule has 144 valence electrons. The number of carbonyl (C=O) groups is 1. The normalized spacial score (nSPS) is 12.9. The summed E-state index contributed by atoms with van der Waals surface area (Å²) in [5, 5.41) is 12.4. The number of hydrogen-bond donors (Lipinski definition) is 1. The second kappa shape index (κ2) is 7.67. The Bertz CT molecular complexity index is 1010. The minimum Gasteiger partial charge on any atom is -0.325 e. The molecule has 0 unspecified atom stereocenters. The standard InChI is InChI=1S/C21H23N5OS/c1-14-5-8-17(9-6-14)25-10-11-26-20(25)23-24-21(26)28-13-19(27)22-18-12-15(2)4-7-16(18)3/h4-9,12H,10-11,13H2,1-3H3,(H,22,27). The summed E-state index contributed by atoms with van der Waals surface area (Å²) in [5.41, 5.74) is 5.39. The molecule has 1 aliphatic rings. The Labute approximate surface area is 169 Å². The van der Waals surface area contributed by atoms with Gasteiger partial charge in [-0.2, -0.15) is 0 Å². The van der Waals surface area contributed by atoms with Crippen LogP contribution < -0.4 is 10.2 Å². The molecule has 28 heavy (non-hydrogen) atoms. The van der Waals surface area contributed by atoms with Crippen molar-refractivity contribution in [3.8, 4) is 0 Å². The highest BCUT2D eigenvalue weighted by Gasteiger charge is 2.26. The van der Waals surface area contributed by atoms with E-state index in [4.69, 9.17) is 0 Å². The zero-order chi connectivity index (χ0) is 19.7. The van der Waals surface area contributed by atoms with Gasteiger partial charge < -0.3 is 10.2 Å². The largest absolute Gasteiger partial charge is 0.325 e. The zero-order valence-electron chi connectivity index (χ0n) is 16.3. The van der Waals surface area contributed by atoms with Crippen molar-refractivity contribution in [3.63, 3.8) is 0 Å². The molecule has 0 fully saturated rings. The lowest BCUT2D eigenvalue weighted by molar-refractivity contribution is -0.113. The molecule has 1 aromatic heterocycles. The number of anilines is 3. The minimum absolute atomic E-state index is 0.0376. The van der Waals surface area contributed by atoms with E-state index >= 15 is 0 Å². The third-order valence-corrected chi connectivity index (χ3v) is 5.80. The first-order chi connectivity index (χ1) is 13.5. The number of aryl methyl sites for hydroxylation is 3. The predicted octanol–water partition coefficient (Wildman–Crippen LogP) is 4.09. The molecule has 6 nitrogen and oxygen atoms in total. The maximum absolute atomic E-state index is 12.4. The Morgan fingerprint density at radius 1 is 1.04 bits per heavy atom. The van der Waals surface area contributed by atoms with Gasteiger partial charge in [-0.1, -0.05) is 41.6 Å². The molecule has 0 saturated heterocycles. The van der Waals surface area contributed by atoms with Crippen LogP contribution >= 0.6 is 11.8 Å². The van der Waals surface area contributed by atoms with Crippen LogP contribution in [0, 0.1) is 20.8 Å². The minimum atomic E-state index is -0.0376. The average Bonchev–Trinajstić information content (AvgIpc) is 3.26. The van der Waals surface area contributed by atoms with Gasteiger partial charge in [0, 0.05) is 24.5 Å². The molecule has 0 aliphatic carbocycles. The van der Waals surface area contributed by atoms with Gasteiger partial charge in [-0.15, -0.1) is 10.2 Å². The number of nitrogens with one attached hydrogen (secondary N) is 1. The maximum Gasteiger partial charge on any atom is 0.234 e. The van der Waals surface area contributed by atoms with Crippen molar-refractivity contribution in [2.75, 3.05) is 22.5 Å². The summed E-state index contributed by atoms with van der Waals surface area (Å²) in [6.07, 6.45) is 0. The van der Waals surface area contributed by atoms with Crippen LogP contribution in [0.4, 0.5) is 17.3 Å². The summed E-state index contributed by atoms with van der Waals surface area (Å²) in [6.45, 7) is 7.76. The first-order valence-corrected chi connectivity index (χ1v) is 10.3. The predicted molar refractivity (Wildman–Crippen MR) is 113 cm³/mol. The lowest BCUT2D eigenvalue weighted by Crippen LogP contribution is -2.15. The molecule has 1 N–H and O–H groups in total. The Hall–Kier alpha value is -2.80. The number of thioether (sulfide) groups is 1. The van der Waals surface area contributed by atoms with E-state index in [1.54, 1.807) is 0 Å². The summed E-state index contributed by atoms with van der Waals surface area (Å²) < 4.78 is 2.08. The molecule has 1 amide bonds. The summed E-state index contributed by atoms with van der Waals surface area (Å²) in [4.78, 5) is 14.5. The third kappa shape index (κ3) is 3.75. The van der Waals surface area contributed by atoms with Gasteiger partial charge in [0.05, 0.1) is 5.75 Å². The molecule has 3 aromatic rings. The number of fused-ring (bicyclic) bond motifs is 1. The highest BCUT2D eigenvalue weighted by molar-refractivity contribution is 7.99. The van der Waals surface area contributed by atoms with Crippen molar-refractivity contribution in [2.24, 2.45) is 0 Å². The molecule has 2 heterocycles. The summed E-state index contributed by atoms with van der Waals surface area (Å²) in [5.74, 6) is 1.10. The van der Waals surface area contributed by atoms with Crippen LogP contribution in [0.15, 0.2) is 47.6 Å². The van der Waals surface area contributed by atoms with Crippen LogP contribution in [-0.4, -0.2) is 33.0 Å². The average molecular weight is 394 g/mol. The summed E-state index contributed by atoms with van der Waals surface area (Å²) >= 11 is 1.42. The number of benzene rings is 2. The molecule has 4 rings (SSSR count). The molecule has 7 heteroatoms. The van der Waals surface area contributed by atoms with Crippen LogP contribution in [0.2, 0.25) is 0 Å². The second-order valence-electron chi connectivity index (χ2n) is 7.08. The molecule has 0 atom stereocenters. The van der Waals surface area contributed by atoms with Crippen molar-refractivity contribution < 1.29 is 4.79 Å². The van der Waals surface area contributed by atoms with Gasteiger partial charge in [0.1, 0.15) is 0 Å². The van der Waals surface area contributed by atoms with E-state index in [1.165, 1.54) is 17.3 Å². The van der Waals surface area contributed by atoms with Gasteiger partial charge in [0.15, 0.2) is 5.16 Å². The molecular formula is C21H23N5OS. The molecule has 0 radical (unpaired) electrons. The number of hydrogen-bond acceptors (Lipinski definition) is 5. The van der Waals surface area contributed by atoms with Crippen molar-refractivity contribution >= 4 is 35.0 Å². The lowest BCUT2D eigenvalue weighted by Gasteiger charge is -2.15. The van der Waals surface area contributed by atoms with E-state index in [-0.39, 0.29) is 5.91 Å². The topological polar surface area (TPSA) is 63.1 Å². The number of amides is 1. The van der Waals surface area contributed by atoms with Gasteiger partial charge in [-0.3, -0.25) is 9.36 Å². The van der Waals surface area contributed by atoms with Crippen LogP contribution in [-0.2, 0) is 11.3 Å². The van der Waals surface area contributed by atoms with E-state index in [0.717, 1.165) is 46.7 Å². The van der Waals surface area contributed by atoms with Crippen molar-refractivity contribution in [1.29, 1.82) is 0 Å². The van der Waals surface area contributed by atoms with Crippen molar-refractivity contribution in [3.05, 3.63) is 59.2 Å². The van der Waals surface area contributed by atoms with Crippen molar-refractivity contribution in [1.82, 2.24) is 14.8 Å². The third-order valence-electron chi connectivity index (χ3n) is 4.83. The first-order valence-electron chi connectivity index (χ1n) is 9.28. The fourth-order valence-electron chi connectivity index (χ4n) is 3.24. The molecule has 1 aliphatic heterocycles. The van der Waals surface area contributed by atoms with Crippen LogP contribution in [0.3, 0.4) is 0 Å². The fourth-order valence-corrected chi connectivity index (χ4v) is 4.00. The van der Waals surface area contributed by atoms with E-state index in [2.05, 4.69) is 56.2 Å². The van der Waals surface area contributed by atoms with E-state index in [1.807, 2.05) is 32.0 Å². The maximum atomic E-state index is 12.4. The molecule has 0 spiro atoms. The van der Waals surface area contributed by atoms with E-state index in [0.29, 0.717) is 5.75 Å². The van der Waals surface area contributed by atoms with E-state index < -0.39 is 0 Å². The van der Waals surface area contributed by atoms with Crippen LogP contribution in [0.25, 0.3) is 0 Å². The zero-order valence-corrected chi connectivity index (χ0v) is 17.1. The molecule has 0 bridgehead atoms. The lowest BCUT2D eigenvalue weighted by atomic mass is 10.1. The monoisotopic (exact) mass is 393 g/mol. The van der Waals surface area contributed by atoms with Crippen LogP contribution in [0.5, 0.6) is 0 Å². The SMILES string of the molecule is Cc1ccc(N2CCn3c(SCC(=O)Nc4cc(C)ccc4C)nnc32)cc1. The Kier molecular flexibility index (Phi) is 5.09. The Morgan fingerprint density at radius 2 is 1.79 bits per heavy atom. The van der Waals surface area contributed by atoms with Gasteiger partial charge in [0.25, 0.3) is 0 Å². The molecular weight excluding hydrogens is 370 g/mol. The molecule has 2 aromatic carbocycles. The quantitative estimate of drug-likeness (QED) is 0.662. The molecule has 0 saturated carbocycles. The number of aromatic nitrogens is 3. The van der Waals surface area contributed by atoms with Gasteiger partial charge in [-0.25, -0.2) is 0 Å². The highest BCUT2D eigenvalue weighted by Crippen LogP contribution is 2.32. The van der Waals surface area contributed by atoms with Gasteiger partial charge in [0.2, 0.25) is 11.9 Å². The summed E-state index contributed by atoms with van der Waals surface area (Å²) in [7, 11) is 0. The highest BCUT2D eigenvalue weighted by atomic mass is 32.2. The first kappa shape index (κ1) is 18.6. The number of nitrogens with zero attached hydrogens (tertiary/aromatic N) is 4. The van der Waals surface area contributed by atoms with Crippen LogP contribution in [0.1, 0.15) is 16.7 Å². The fraction of sp³-hybridized carbons (Fsp3) is 0.286.